The summed E-state index contributed by atoms with van der Waals surface area (Å²) in [5.41, 5.74) is 1.14. The summed E-state index contributed by atoms with van der Waals surface area (Å²) in [6.45, 7) is 3.54. The quantitative estimate of drug-likeness (QED) is 0.870. The normalized spacial score (nSPS) is 16.1. The minimum atomic E-state index is -0.331. The van der Waals surface area contributed by atoms with Crippen LogP contribution in [-0.2, 0) is 11.2 Å². The van der Waals surface area contributed by atoms with E-state index in [0.29, 0.717) is 23.2 Å². The molecule has 3 rings (SSSR count). The Balaban J connectivity index is 1.58. The van der Waals surface area contributed by atoms with Crippen LogP contribution in [-0.4, -0.2) is 26.4 Å². The van der Waals surface area contributed by atoms with Gasteiger partial charge in [-0.1, -0.05) is 15.5 Å². The maximum Gasteiger partial charge on any atom is 0.248 e. The topological polar surface area (TPSA) is 107 Å². The number of hydrogen-bond acceptors (Lipinski definition) is 7. The zero-order valence-electron chi connectivity index (χ0n) is 11.3. The summed E-state index contributed by atoms with van der Waals surface area (Å²) in [5.74, 6) is 1.40. The zero-order valence-corrected chi connectivity index (χ0v) is 11.3. The number of rotatable bonds is 5. The number of nitrogens with one attached hydrogen (secondary N) is 1. The van der Waals surface area contributed by atoms with Crippen molar-refractivity contribution < 1.29 is 13.9 Å². The smallest absolute Gasteiger partial charge is 0.248 e. The van der Waals surface area contributed by atoms with E-state index in [1.165, 1.54) is 0 Å². The molecule has 2 aromatic heterocycles. The van der Waals surface area contributed by atoms with Crippen LogP contribution in [0.25, 0.3) is 0 Å². The summed E-state index contributed by atoms with van der Waals surface area (Å²) in [6.07, 6.45) is 2.33. The molecule has 0 aromatic carbocycles. The average molecular weight is 277 g/mol. The van der Waals surface area contributed by atoms with Crippen molar-refractivity contribution in [2.75, 3.05) is 0 Å². The molecule has 0 aliphatic heterocycles. The van der Waals surface area contributed by atoms with Gasteiger partial charge in [-0.15, -0.1) is 0 Å². The Morgan fingerprint density at radius 2 is 2.20 bits per heavy atom. The molecule has 1 aliphatic carbocycles. The van der Waals surface area contributed by atoms with Gasteiger partial charge in [-0.25, -0.2) is 4.63 Å². The fourth-order valence-corrected chi connectivity index (χ4v) is 1.85. The molecule has 1 saturated carbocycles. The molecule has 1 amide bonds. The molecule has 0 saturated heterocycles. The number of amides is 1. The maximum absolute atomic E-state index is 11.9. The Kier molecular flexibility index (Phi) is 3.21. The van der Waals surface area contributed by atoms with Crippen molar-refractivity contribution in [2.24, 2.45) is 0 Å². The van der Waals surface area contributed by atoms with Crippen LogP contribution in [0.2, 0.25) is 0 Å². The highest BCUT2D eigenvalue weighted by Crippen LogP contribution is 2.38. The maximum atomic E-state index is 11.9. The van der Waals surface area contributed by atoms with Gasteiger partial charge in [-0.2, -0.15) is 4.98 Å². The van der Waals surface area contributed by atoms with Crippen molar-refractivity contribution >= 4 is 5.91 Å². The van der Waals surface area contributed by atoms with E-state index in [9.17, 15) is 4.79 Å². The highest BCUT2D eigenvalue weighted by Gasteiger charge is 2.29. The average Bonchev–Trinajstić information content (AvgIpc) is 3.00. The Bertz CT molecular complexity index is 616. The van der Waals surface area contributed by atoms with Gasteiger partial charge in [0.15, 0.2) is 5.82 Å². The third-order valence-corrected chi connectivity index (χ3v) is 3.22. The second kappa shape index (κ2) is 5.03. The SMILES string of the molecule is Cc1nonc1CC(=O)N[C@@H](C)c1nc(C2CC2)no1. The molecular formula is C12H15N5O3. The van der Waals surface area contributed by atoms with Gasteiger partial charge >= 0.3 is 0 Å². The van der Waals surface area contributed by atoms with E-state index in [-0.39, 0.29) is 18.4 Å². The van der Waals surface area contributed by atoms with Crippen LogP contribution in [0.1, 0.15) is 54.8 Å². The van der Waals surface area contributed by atoms with Gasteiger partial charge in [0, 0.05) is 5.92 Å². The summed E-state index contributed by atoms with van der Waals surface area (Å²) < 4.78 is 9.72. The van der Waals surface area contributed by atoms with Gasteiger partial charge in [0.1, 0.15) is 17.4 Å². The minimum Gasteiger partial charge on any atom is -0.344 e. The molecule has 8 heteroatoms. The molecule has 0 radical (unpaired) electrons. The Morgan fingerprint density at radius 1 is 1.40 bits per heavy atom. The van der Waals surface area contributed by atoms with Crippen molar-refractivity contribution in [3.8, 4) is 0 Å². The van der Waals surface area contributed by atoms with Crippen molar-refractivity contribution in [1.82, 2.24) is 25.8 Å². The van der Waals surface area contributed by atoms with Gasteiger partial charge in [0.05, 0.1) is 6.42 Å². The van der Waals surface area contributed by atoms with E-state index in [1.807, 2.05) is 0 Å². The highest BCUT2D eigenvalue weighted by molar-refractivity contribution is 5.78. The standard InChI is InChI=1S/C12H15N5O3/c1-6-9(16-20-15-6)5-10(18)13-7(2)12-14-11(17-19-12)8-3-4-8/h7-8H,3-5H2,1-2H3,(H,13,18)/t7-/m0/s1. The number of aryl methyl sites for hydroxylation is 1. The molecule has 0 bridgehead atoms. The van der Waals surface area contributed by atoms with Crippen LogP contribution in [0.15, 0.2) is 9.15 Å². The molecule has 0 spiro atoms. The third-order valence-electron chi connectivity index (χ3n) is 3.22. The molecule has 2 aromatic rings. The Labute approximate surface area is 114 Å². The molecule has 1 fully saturated rings. The predicted molar refractivity (Wildman–Crippen MR) is 65.6 cm³/mol. The molecule has 20 heavy (non-hydrogen) atoms. The van der Waals surface area contributed by atoms with Crippen LogP contribution in [0.5, 0.6) is 0 Å². The van der Waals surface area contributed by atoms with Crippen molar-refractivity contribution in [2.45, 2.75) is 45.1 Å². The Morgan fingerprint density at radius 3 is 2.85 bits per heavy atom. The molecule has 2 heterocycles. The molecule has 1 aliphatic rings. The second-order valence-corrected chi connectivity index (χ2v) is 5.03. The number of nitrogens with zero attached hydrogens (tertiary/aromatic N) is 4. The van der Waals surface area contributed by atoms with E-state index in [0.717, 1.165) is 18.7 Å². The second-order valence-electron chi connectivity index (χ2n) is 5.03. The Hall–Kier alpha value is -2.25. The van der Waals surface area contributed by atoms with Crippen molar-refractivity contribution in [3.05, 3.63) is 23.1 Å². The van der Waals surface area contributed by atoms with E-state index >= 15 is 0 Å². The van der Waals surface area contributed by atoms with Crippen LogP contribution in [0.4, 0.5) is 0 Å². The lowest BCUT2D eigenvalue weighted by atomic mass is 10.2. The van der Waals surface area contributed by atoms with Gasteiger partial charge in [0.2, 0.25) is 11.8 Å². The van der Waals surface area contributed by atoms with Crippen molar-refractivity contribution in [1.29, 1.82) is 0 Å². The van der Waals surface area contributed by atoms with E-state index in [2.05, 4.69) is 30.4 Å². The molecule has 0 unspecified atom stereocenters. The first kappa shape index (κ1) is 12.8. The van der Waals surface area contributed by atoms with Crippen LogP contribution >= 0.6 is 0 Å². The van der Waals surface area contributed by atoms with Gasteiger partial charge < -0.3 is 9.84 Å². The van der Waals surface area contributed by atoms with Gasteiger partial charge in [-0.3, -0.25) is 4.79 Å². The number of carbonyl (C=O) groups is 1. The third kappa shape index (κ3) is 2.68. The number of hydrogen-bond donors (Lipinski definition) is 1. The lowest BCUT2D eigenvalue weighted by Crippen LogP contribution is -2.28. The molecule has 106 valence electrons. The largest absolute Gasteiger partial charge is 0.344 e. The lowest BCUT2D eigenvalue weighted by Gasteiger charge is -2.08. The van der Waals surface area contributed by atoms with Crippen LogP contribution < -0.4 is 5.32 Å². The zero-order chi connectivity index (χ0) is 14.1. The summed E-state index contributed by atoms with van der Waals surface area (Å²) in [4.78, 5) is 16.2. The van der Waals surface area contributed by atoms with Crippen LogP contribution in [0, 0.1) is 6.92 Å². The van der Waals surface area contributed by atoms with Crippen molar-refractivity contribution in [3.63, 3.8) is 0 Å². The van der Waals surface area contributed by atoms with E-state index in [4.69, 9.17) is 4.52 Å². The fourth-order valence-electron chi connectivity index (χ4n) is 1.85. The lowest BCUT2D eigenvalue weighted by molar-refractivity contribution is -0.121. The minimum absolute atomic E-state index is 0.114. The predicted octanol–water partition coefficient (Wildman–Crippen LogP) is 1.06. The summed E-state index contributed by atoms with van der Waals surface area (Å²) >= 11 is 0. The first-order valence-corrected chi connectivity index (χ1v) is 6.54. The summed E-state index contributed by atoms with van der Waals surface area (Å²) in [7, 11) is 0. The molecular weight excluding hydrogens is 262 g/mol. The fraction of sp³-hybridized carbons (Fsp3) is 0.583. The van der Waals surface area contributed by atoms with E-state index < -0.39 is 0 Å². The number of carbonyl (C=O) groups excluding carboxylic acids is 1. The van der Waals surface area contributed by atoms with Gasteiger partial charge in [-0.05, 0) is 26.7 Å². The monoisotopic (exact) mass is 277 g/mol. The first-order valence-electron chi connectivity index (χ1n) is 6.54. The van der Waals surface area contributed by atoms with E-state index in [1.54, 1.807) is 13.8 Å². The summed E-state index contributed by atoms with van der Waals surface area (Å²) in [5, 5.41) is 14.0. The summed E-state index contributed by atoms with van der Waals surface area (Å²) in [6, 6.07) is -0.331. The highest BCUT2D eigenvalue weighted by atomic mass is 16.6. The number of aromatic nitrogens is 4. The molecule has 1 atom stereocenters. The van der Waals surface area contributed by atoms with Gasteiger partial charge in [0.25, 0.3) is 0 Å². The molecule has 8 nitrogen and oxygen atoms in total. The van der Waals surface area contributed by atoms with Crippen LogP contribution in [0.3, 0.4) is 0 Å². The first-order chi connectivity index (χ1) is 9.63. The molecule has 1 N–H and O–H groups in total.